The zero-order valence-corrected chi connectivity index (χ0v) is 20.7. The third-order valence-corrected chi connectivity index (χ3v) is 8.01. The highest BCUT2D eigenvalue weighted by Crippen LogP contribution is 2.69. The van der Waals surface area contributed by atoms with Gasteiger partial charge >= 0.3 is 0 Å². The highest BCUT2D eigenvalue weighted by molar-refractivity contribution is 5.76. The molecule has 2 N–H and O–H groups in total. The number of hydrogen-bond donors (Lipinski definition) is 2. The van der Waals surface area contributed by atoms with E-state index in [1.807, 2.05) is 6.07 Å². The van der Waals surface area contributed by atoms with Gasteiger partial charge in [-0.2, -0.15) is 9.78 Å². The smallest absolute Gasteiger partial charge is 0.252 e. The Morgan fingerprint density at radius 1 is 1.18 bits per heavy atom. The van der Waals surface area contributed by atoms with Crippen LogP contribution < -0.4 is 5.32 Å². The minimum absolute atomic E-state index is 0.0542. The van der Waals surface area contributed by atoms with Crippen LogP contribution in [0.2, 0.25) is 0 Å². The van der Waals surface area contributed by atoms with E-state index in [9.17, 15) is 13.6 Å². The van der Waals surface area contributed by atoms with Crippen LogP contribution in [0.15, 0.2) is 42.9 Å². The average molecular weight is 519 g/mol. The predicted octanol–water partition coefficient (Wildman–Crippen LogP) is 2.60. The average Bonchev–Trinajstić information content (AvgIpc) is 3.55. The summed E-state index contributed by atoms with van der Waals surface area (Å²) in [4.78, 5) is 24.7. The summed E-state index contributed by atoms with van der Waals surface area (Å²) in [5, 5.41) is 24.5. The second kappa shape index (κ2) is 8.69. The third kappa shape index (κ3) is 3.43. The quantitative estimate of drug-likeness (QED) is 0.398. The van der Waals surface area contributed by atoms with Crippen LogP contribution in [0.5, 0.6) is 0 Å². The van der Waals surface area contributed by atoms with Crippen molar-refractivity contribution in [3.8, 4) is 17.2 Å². The third-order valence-electron chi connectivity index (χ3n) is 8.01. The molecule has 1 fully saturated rings. The molecule has 3 aromatic heterocycles. The number of carbonyl (C=O) groups is 1. The van der Waals surface area contributed by atoms with Gasteiger partial charge in [-0.1, -0.05) is 19.9 Å². The van der Waals surface area contributed by atoms with Gasteiger partial charge in [0.1, 0.15) is 24.6 Å². The Hall–Kier alpha value is -4.19. The lowest BCUT2D eigenvalue weighted by Crippen LogP contribution is -2.38. The van der Waals surface area contributed by atoms with Gasteiger partial charge in [0.05, 0.1) is 34.6 Å². The first-order valence-electron chi connectivity index (χ1n) is 12.2. The molecule has 1 amide bonds. The number of fused-ring (bicyclic) bond motifs is 5. The maximum atomic E-state index is 14.5. The van der Waals surface area contributed by atoms with Crippen molar-refractivity contribution in [3.05, 3.63) is 77.3 Å². The maximum absolute atomic E-state index is 14.5. The number of nitrogens with one attached hydrogen (secondary N) is 1. The van der Waals surface area contributed by atoms with E-state index in [0.29, 0.717) is 11.8 Å². The van der Waals surface area contributed by atoms with Crippen LogP contribution in [0.3, 0.4) is 0 Å². The van der Waals surface area contributed by atoms with E-state index in [2.05, 4.69) is 44.4 Å². The first-order valence-corrected chi connectivity index (χ1v) is 12.2. The molecule has 12 heteroatoms. The minimum atomic E-state index is -0.681. The van der Waals surface area contributed by atoms with Gasteiger partial charge in [0.2, 0.25) is 5.91 Å². The highest BCUT2D eigenvalue weighted by Gasteiger charge is 2.65. The van der Waals surface area contributed by atoms with Crippen molar-refractivity contribution < 1.29 is 18.7 Å². The summed E-state index contributed by atoms with van der Waals surface area (Å²) < 4.78 is 30.4. The van der Waals surface area contributed by atoms with Crippen LogP contribution in [-0.2, 0) is 16.8 Å². The second-order valence-corrected chi connectivity index (χ2v) is 10.1. The lowest BCUT2D eigenvalue weighted by atomic mass is 9.66. The molecule has 2 aliphatic rings. The molecule has 194 valence electrons. The summed E-state index contributed by atoms with van der Waals surface area (Å²) in [6.07, 6.45) is 4.75. The van der Waals surface area contributed by atoms with Crippen molar-refractivity contribution in [2.24, 2.45) is 5.41 Å². The van der Waals surface area contributed by atoms with E-state index in [1.54, 1.807) is 12.3 Å². The summed E-state index contributed by atoms with van der Waals surface area (Å²) in [5.41, 5.74) is 1.54. The minimum Gasteiger partial charge on any atom is -0.387 e. The normalized spacial score (nSPS) is 20.9. The molecular formula is C26H24F2N8O2. The predicted molar refractivity (Wildman–Crippen MR) is 130 cm³/mol. The Morgan fingerprint density at radius 3 is 2.74 bits per heavy atom. The van der Waals surface area contributed by atoms with Crippen LogP contribution in [0.1, 0.15) is 55.4 Å². The number of aromatic nitrogens is 7. The molecule has 4 aromatic rings. The number of aliphatic hydroxyl groups excluding tert-OH is 1. The molecule has 38 heavy (non-hydrogen) atoms. The first kappa shape index (κ1) is 24.2. The number of benzene rings is 1. The van der Waals surface area contributed by atoms with E-state index >= 15 is 0 Å². The van der Waals surface area contributed by atoms with Crippen LogP contribution >= 0.6 is 0 Å². The first-order chi connectivity index (χ1) is 18.3. The van der Waals surface area contributed by atoms with Crippen molar-refractivity contribution in [2.45, 2.75) is 44.6 Å². The van der Waals surface area contributed by atoms with Gasteiger partial charge in [0.25, 0.3) is 5.95 Å². The van der Waals surface area contributed by atoms with Crippen LogP contribution in [0.4, 0.5) is 8.78 Å². The van der Waals surface area contributed by atoms with E-state index in [4.69, 9.17) is 10.1 Å². The molecule has 0 spiro atoms. The Bertz CT molecular complexity index is 1550. The summed E-state index contributed by atoms with van der Waals surface area (Å²) in [6.45, 7) is 3.76. The fourth-order valence-corrected chi connectivity index (χ4v) is 6.16. The molecule has 0 aliphatic heterocycles. The number of carbonyl (C=O) groups excluding carboxylic acids is 1. The summed E-state index contributed by atoms with van der Waals surface area (Å²) >= 11 is 0. The molecule has 2 atom stereocenters. The van der Waals surface area contributed by atoms with Gasteiger partial charge in [0, 0.05) is 6.20 Å². The molecule has 3 heterocycles. The van der Waals surface area contributed by atoms with Crippen molar-refractivity contribution in [3.63, 3.8) is 0 Å². The molecule has 0 saturated heterocycles. The van der Waals surface area contributed by atoms with Gasteiger partial charge in [-0.3, -0.25) is 4.79 Å². The van der Waals surface area contributed by atoms with Crippen molar-refractivity contribution in [2.75, 3.05) is 6.61 Å². The fraction of sp³-hybridized carbons (Fsp3) is 0.346. The van der Waals surface area contributed by atoms with Crippen molar-refractivity contribution >= 4 is 5.91 Å². The Morgan fingerprint density at radius 2 is 1.97 bits per heavy atom. The molecule has 10 nitrogen and oxygen atoms in total. The van der Waals surface area contributed by atoms with Crippen LogP contribution in [-0.4, -0.2) is 52.6 Å². The standard InChI is InChI=1S/C26H24F2N8O2/c1-25(2)15-6-8-26(25,23-14(15)10-18(33-34-23)22-16(27)4-3-5-17(22)28)19-7-9-29-24(32-19)36-13-31-20(35-36)11-30-21(38)12-37/h3-5,7,9-10,13,15,37H,6,8,11-12H2,1-2H3,(H,30,38)/t15-,26-/m0/s1. The maximum Gasteiger partial charge on any atom is 0.252 e. The van der Waals surface area contributed by atoms with Gasteiger partial charge in [-0.05, 0) is 54.0 Å². The van der Waals surface area contributed by atoms with E-state index in [1.165, 1.54) is 29.2 Å². The lowest BCUT2D eigenvalue weighted by molar-refractivity contribution is -0.124. The lowest BCUT2D eigenvalue weighted by Gasteiger charge is -2.37. The molecule has 6 rings (SSSR count). The van der Waals surface area contributed by atoms with Gasteiger partial charge < -0.3 is 10.4 Å². The zero-order chi connectivity index (χ0) is 26.7. The topological polar surface area (TPSA) is 132 Å². The number of aliphatic hydroxyl groups is 1. The Kier molecular flexibility index (Phi) is 5.53. The summed E-state index contributed by atoms with van der Waals surface area (Å²) in [5.74, 6) is -1.15. The van der Waals surface area contributed by atoms with Crippen LogP contribution in [0, 0.1) is 17.0 Å². The fourth-order valence-electron chi connectivity index (χ4n) is 6.16. The number of hydrogen-bond acceptors (Lipinski definition) is 8. The molecule has 0 radical (unpaired) electrons. The molecule has 1 aromatic carbocycles. The number of halogens is 2. The van der Waals surface area contributed by atoms with Gasteiger partial charge in [-0.15, -0.1) is 10.2 Å². The van der Waals surface area contributed by atoms with Gasteiger partial charge in [0.15, 0.2) is 5.82 Å². The SMILES string of the molecule is CC1(C)[C@H]2CC[C@]1(c1ccnc(-n3cnc(CNC(=O)CO)n3)n1)c1nnc(-c3c(F)cccc3F)cc12. The number of rotatable bonds is 6. The Labute approximate surface area is 216 Å². The van der Waals surface area contributed by atoms with E-state index in [0.717, 1.165) is 29.8 Å². The van der Waals surface area contributed by atoms with Crippen molar-refractivity contribution in [1.82, 2.24) is 40.2 Å². The highest BCUT2D eigenvalue weighted by atomic mass is 19.1. The summed E-state index contributed by atoms with van der Waals surface area (Å²) in [6, 6.07) is 7.37. The number of amides is 1. The second-order valence-electron chi connectivity index (χ2n) is 10.1. The largest absolute Gasteiger partial charge is 0.387 e. The van der Waals surface area contributed by atoms with Gasteiger partial charge in [-0.25, -0.2) is 23.7 Å². The monoisotopic (exact) mass is 518 g/mol. The number of nitrogens with zero attached hydrogens (tertiary/aromatic N) is 7. The molecule has 0 unspecified atom stereocenters. The molecule has 2 aliphatic carbocycles. The van der Waals surface area contributed by atoms with E-state index in [-0.39, 0.29) is 29.1 Å². The molecule has 1 saturated carbocycles. The zero-order valence-electron chi connectivity index (χ0n) is 20.7. The van der Waals surface area contributed by atoms with Crippen LogP contribution in [0.25, 0.3) is 17.2 Å². The Balaban J connectivity index is 1.40. The van der Waals surface area contributed by atoms with E-state index < -0.39 is 29.6 Å². The summed E-state index contributed by atoms with van der Waals surface area (Å²) in [7, 11) is 0. The molecule has 2 bridgehead atoms. The van der Waals surface area contributed by atoms with Crippen molar-refractivity contribution in [1.29, 1.82) is 0 Å². The molecular weight excluding hydrogens is 494 g/mol.